The first-order valence-corrected chi connectivity index (χ1v) is 11.8. The minimum atomic E-state index is -0.248. The van der Waals surface area contributed by atoms with E-state index in [1.807, 2.05) is 45.0 Å². The summed E-state index contributed by atoms with van der Waals surface area (Å²) < 4.78 is 7.06. The number of aromatic nitrogens is 3. The number of benzene rings is 2. The fraction of sp³-hybridized carbons (Fsp3) is 0.280. The molecule has 3 rings (SSSR count). The highest BCUT2D eigenvalue weighted by atomic mass is 32.2. The molecular formula is C25H29N5O3S. The van der Waals surface area contributed by atoms with Crippen molar-refractivity contribution < 1.29 is 14.3 Å². The monoisotopic (exact) mass is 479 g/mol. The van der Waals surface area contributed by atoms with Crippen LogP contribution in [-0.4, -0.2) is 39.4 Å². The average molecular weight is 480 g/mol. The first kappa shape index (κ1) is 25.0. The summed E-state index contributed by atoms with van der Waals surface area (Å²) in [6.45, 7) is 10.2. The van der Waals surface area contributed by atoms with E-state index in [1.165, 1.54) is 11.8 Å². The molecule has 1 aromatic heterocycles. The van der Waals surface area contributed by atoms with Gasteiger partial charge in [-0.15, -0.1) is 16.8 Å². The number of carbonyl (C=O) groups excluding carboxylic acids is 2. The zero-order valence-electron chi connectivity index (χ0n) is 19.8. The van der Waals surface area contributed by atoms with E-state index in [0.29, 0.717) is 29.0 Å². The van der Waals surface area contributed by atoms with Gasteiger partial charge in [-0.2, -0.15) is 0 Å². The van der Waals surface area contributed by atoms with Crippen molar-refractivity contribution in [2.24, 2.45) is 0 Å². The van der Waals surface area contributed by atoms with Gasteiger partial charge >= 0.3 is 0 Å². The summed E-state index contributed by atoms with van der Waals surface area (Å²) in [4.78, 5) is 25.2. The lowest BCUT2D eigenvalue weighted by atomic mass is 10.1. The van der Waals surface area contributed by atoms with Crippen molar-refractivity contribution in [2.45, 2.75) is 38.9 Å². The molecule has 0 saturated carbocycles. The molecule has 0 aliphatic heterocycles. The van der Waals surface area contributed by atoms with E-state index in [2.05, 4.69) is 27.4 Å². The highest BCUT2D eigenvalue weighted by Crippen LogP contribution is 2.25. The Hall–Kier alpha value is -3.59. The Labute approximate surface area is 203 Å². The first-order chi connectivity index (χ1) is 16.3. The number of ether oxygens (including phenoxy) is 1. The highest BCUT2D eigenvalue weighted by Gasteiger charge is 2.17. The molecule has 34 heavy (non-hydrogen) atoms. The lowest BCUT2D eigenvalue weighted by Gasteiger charge is -2.13. The number of aryl methyl sites for hydroxylation is 3. The van der Waals surface area contributed by atoms with Gasteiger partial charge in [0.2, 0.25) is 11.8 Å². The second-order valence-corrected chi connectivity index (χ2v) is 8.78. The third-order valence-electron chi connectivity index (χ3n) is 5.08. The van der Waals surface area contributed by atoms with Gasteiger partial charge in [0.05, 0.1) is 25.0 Å². The summed E-state index contributed by atoms with van der Waals surface area (Å²) in [6.07, 6.45) is 1.72. The summed E-state index contributed by atoms with van der Waals surface area (Å²) in [5.74, 6) is 0.839. The van der Waals surface area contributed by atoms with E-state index in [9.17, 15) is 9.59 Å². The zero-order chi connectivity index (χ0) is 24.7. The van der Waals surface area contributed by atoms with Gasteiger partial charge in [0.1, 0.15) is 11.6 Å². The van der Waals surface area contributed by atoms with Crippen LogP contribution in [-0.2, 0) is 22.6 Å². The van der Waals surface area contributed by atoms with Crippen molar-refractivity contribution in [2.75, 3.05) is 23.5 Å². The molecule has 0 bridgehead atoms. The van der Waals surface area contributed by atoms with Crippen molar-refractivity contribution in [3.63, 3.8) is 0 Å². The SMILES string of the molecule is C=CCn1c(CC(=O)Nc2ccccc2OC)nnc1SCC(=O)Nc1c(C)cc(C)cc1C. The molecule has 3 aromatic rings. The van der Waals surface area contributed by atoms with Crippen LogP contribution in [0.1, 0.15) is 22.5 Å². The molecule has 2 N–H and O–H groups in total. The Morgan fingerprint density at radius 3 is 2.47 bits per heavy atom. The number of para-hydroxylation sites is 2. The van der Waals surface area contributed by atoms with Crippen LogP contribution in [0.5, 0.6) is 5.75 Å². The van der Waals surface area contributed by atoms with Crippen LogP contribution in [0, 0.1) is 20.8 Å². The summed E-state index contributed by atoms with van der Waals surface area (Å²) in [6, 6.07) is 11.3. The molecule has 9 heteroatoms. The lowest BCUT2D eigenvalue weighted by Crippen LogP contribution is -2.18. The normalized spacial score (nSPS) is 10.6. The van der Waals surface area contributed by atoms with Crippen LogP contribution >= 0.6 is 11.8 Å². The molecule has 1 heterocycles. The van der Waals surface area contributed by atoms with Gasteiger partial charge in [0, 0.05) is 12.2 Å². The fourth-order valence-corrected chi connectivity index (χ4v) is 4.40. The fourth-order valence-electron chi connectivity index (χ4n) is 3.64. The number of thioether (sulfide) groups is 1. The second kappa shape index (κ2) is 11.5. The maximum absolute atomic E-state index is 12.6. The Kier molecular flexibility index (Phi) is 8.48. The molecule has 2 amide bonds. The van der Waals surface area contributed by atoms with E-state index in [0.717, 1.165) is 22.4 Å². The Morgan fingerprint density at radius 2 is 1.79 bits per heavy atom. The number of allylic oxidation sites excluding steroid dienone is 1. The van der Waals surface area contributed by atoms with Crippen LogP contribution in [0.2, 0.25) is 0 Å². The van der Waals surface area contributed by atoms with Gasteiger partial charge in [-0.3, -0.25) is 9.59 Å². The third kappa shape index (κ3) is 6.26. The minimum Gasteiger partial charge on any atom is -0.495 e. The number of rotatable bonds is 10. The number of hydrogen-bond acceptors (Lipinski definition) is 6. The van der Waals surface area contributed by atoms with Crippen LogP contribution in [0.4, 0.5) is 11.4 Å². The maximum Gasteiger partial charge on any atom is 0.234 e. The molecule has 0 aliphatic carbocycles. The zero-order valence-corrected chi connectivity index (χ0v) is 20.7. The molecular weight excluding hydrogens is 450 g/mol. The summed E-state index contributed by atoms with van der Waals surface area (Å²) in [5.41, 5.74) is 4.61. The summed E-state index contributed by atoms with van der Waals surface area (Å²) >= 11 is 1.27. The molecule has 178 valence electrons. The third-order valence-corrected chi connectivity index (χ3v) is 6.05. The standard InChI is InChI=1S/C25H29N5O3S/c1-6-11-30-21(14-22(31)26-19-9-7-8-10-20(19)33-5)28-29-25(30)34-15-23(32)27-24-17(3)12-16(2)13-18(24)4/h6-10,12-13H,1,11,14-15H2,2-5H3,(H,26,31)(H,27,32). The van der Waals surface area contributed by atoms with Crippen molar-refractivity contribution in [1.29, 1.82) is 0 Å². The molecule has 0 radical (unpaired) electrons. The van der Waals surface area contributed by atoms with Gasteiger partial charge in [-0.05, 0) is 44.0 Å². The van der Waals surface area contributed by atoms with E-state index in [1.54, 1.807) is 29.9 Å². The summed E-state index contributed by atoms with van der Waals surface area (Å²) in [5, 5.41) is 14.8. The Balaban J connectivity index is 1.66. The van der Waals surface area contributed by atoms with Crippen LogP contribution in [0.15, 0.2) is 54.2 Å². The number of nitrogens with one attached hydrogen (secondary N) is 2. The summed E-state index contributed by atoms with van der Waals surface area (Å²) in [7, 11) is 1.55. The number of amides is 2. The number of anilines is 2. The van der Waals surface area contributed by atoms with E-state index < -0.39 is 0 Å². The topological polar surface area (TPSA) is 98.1 Å². The Bertz CT molecular complexity index is 1180. The quantitative estimate of drug-likeness (QED) is 0.332. The molecule has 0 fully saturated rings. The molecule has 0 atom stereocenters. The minimum absolute atomic E-state index is 0.0212. The van der Waals surface area contributed by atoms with Crippen molar-refractivity contribution >= 4 is 35.0 Å². The van der Waals surface area contributed by atoms with Gasteiger partial charge in [0.15, 0.2) is 5.16 Å². The van der Waals surface area contributed by atoms with Crippen molar-refractivity contribution in [3.05, 3.63) is 71.6 Å². The molecule has 0 spiro atoms. The van der Waals surface area contributed by atoms with Crippen molar-refractivity contribution in [1.82, 2.24) is 14.8 Å². The molecule has 8 nitrogen and oxygen atoms in total. The van der Waals surface area contributed by atoms with Crippen molar-refractivity contribution in [3.8, 4) is 5.75 Å². The predicted octanol–water partition coefficient (Wildman–Crippen LogP) is 4.31. The Morgan fingerprint density at radius 1 is 1.09 bits per heavy atom. The average Bonchev–Trinajstić information content (AvgIpc) is 3.16. The van der Waals surface area contributed by atoms with Crippen LogP contribution < -0.4 is 15.4 Å². The van der Waals surface area contributed by atoms with Gasteiger partial charge < -0.3 is 19.9 Å². The predicted molar refractivity (Wildman–Crippen MR) is 136 cm³/mol. The number of carbonyl (C=O) groups is 2. The van der Waals surface area contributed by atoms with Crippen LogP contribution in [0.3, 0.4) is 0 Å². The van der Waals surface area contributed by atoms with Crippen LogP contribution in [0.25, 0.3) is 0 Å². The number of hydrogen-bond donors (Lipinski definition) is 2. The lowest BCUT2D eigenvalue weighted by molar-refractivity contribution is -0.116. The van der Waals surface area contributed by atoms with Gasteiger partial charge in [-0.25, -0.2) is 0 Å². The number of methoxy groups -OCH3 is 1. The molecule has 0 unspecified atom stereocenters. The first-order valence-electron chi connectivity index (χ1n) is 10.8. The van der Waals surface area contributed by atoms with Gasteiger partial charge in [0.25, 0.3) is 0 Å². The molecule has 2 aromatic carbocycles. The van der Waals surface area contributed by atoms with E-state index >= 15 is 0 Å². The largest absolute Gasteiger partial charge is 0.495 e. The molecule has 0 saturated heterocycles. The molecule has 0 aliphatic rings. The highest BCUT2D eigenvalue weighted by molar-refractivity contribution is 7.99. The van der Waals surface area contributed by atoms with E-state index in [-0.39, 0.29) is 24.0 Å². The van der Waals surface area contributed by atoms with Gasteiger partial charge in [-0.1, -0.05) is 47.7 Å². The van der Waals surface area contributed by atoms with E-state index in [4.69, 9.17) is 4.74 Å². The smallest absolute Gasteiger partial charge is 0.234 e. The number of nitrogens with zero attached hydrogens (tertiary/aromatic N) is 3. The maximum atomic E-state index is 12.6. The second-order valence-electron chi connectivity index (χ2n) is 7.83.